The van der Waals surface area contributed by atoms with Crippen molar-refractivity contribution in [2.75, 3.05) is 13.2 Å². The number of carbonyl (C=O) groups is 3. The van der Waals surface area contributed by atoms with Crippen molar-refractivity contribution in [1.29, 1.82) is 0 Å². The third kappa shape index (κ3) is 57.8. The molecule has 0 aromatic carbocycles. The Morgan fingerprint density at radius 3 is 0.890 bits per heavy atom. The van der Waals surface area contributed by atoms with Crippen LogP contribution in [-0.2, 0) is 28.6 Å². The first-order chi connectivity index (χ1) is 36.0. The fourth-order valence-corrected chi connectivity index (χ4v) is 7.22. The molecule has 73 heavy (non-hydrogen) atoms. The van der Waals surface area contributed by atoms with Crippen molar-refractivity contribution in [1.82, 2.24) is 0 Å². The zero-order valence-corrected chi connectivity index (χ0v) is 46.6. The molecule has 0 spiro atoms. The molecule has 0 amide bonds. The van der Waals surface area contributed by atoms with Gasteiger partial charge in [-0.15, -0.1) is 0 Å². The molecule has 0 aliphatic carbocycles. The summed E-state index contributed by atoms with van der Waals surface area (Å²) in [5.41, 5.74) is 0. The van der Waals surface area contributed by atoms with Gasteiger partial charge in [0.1, 0.15) is 13.2 Å². The number of hydrogen-bond donors (Lipinski definition) is 0. The van der Waals surface area contributed by atoms with Crippen LogP contribution < -0.4 is 0 Å². The highest BCUT2D eigenvalue weighted by atomic mass is 16.6. The highest BCUT2D eigenvalue weighted by Gasteiger charge is 2.19. The Morgan fingerprint density at radius 2 is 0.548 bits per heavy atom. The van der Waals surface area contributed by atoms with Gasteiger partial charge >= 0.3 is 17.9 Å². The Kier molecular flexibility index (Phi) is 55.5. The molecule has 0 radical (unpaired) electrons. The summed E-state index contributed by atoms with van der Waals surface area (Å²) >= 11 is 0. The van der Waals surface area contributed by atoms with Crippen molar-refractivity contribution in [2.24, 2.45) is 0 Å². The summed E-state index contributed by atoms with van der Waals surface area (Å²) in [5.74, 6) is -1.07. The quantitative estimate of drug-likeness (QED) is 0.0261. The molecule has 0 aliphatic rings. The summed E-state index contributed by atoms with van der Waals surface area (Å²) in [5, 5.41) is 0. The van der Waals surface area contributed by atoms with Crippen LogP contribution in [0.5, 0.6) is 0 Å². The average molecular weight is 1010 g/mol. The summed E-state index contributed by atoms with van der Waals surface area (Å²) in [6, 6.07) is 0. The molecule has 1 atom stereocenters. The van der Waals surface area contributed by atoms with E-state index in [4.69, 9.17) is 14.2 Å². The number of unbranched alkanes of at least 4 members (excludes halogenated alkanes) is 13. The zero-order valence-electron chi connectivity index (χ0n) is 46.6. The third-order valence-electron chi connectivity index (χ3n) is 11.5. The predicted molar refractivity (Wildman–Crippen MR) is 315 cm³/mol. The highest BCUT2D eigenvalue weighted by Crippen LogP contribution is 2.12. The summed E-state index contributed by atoms with van der Waals surface area (Å²) < 4.78 is 16.8. The van der Waals surface area contributed by atoms with Crippen molar-refractivity contribution < 1.29 is 28.6 Å². The molecule has 0 aliphatic heterocycles. The van der Waals surface area contributed by atoms with Crippen LogP contribution in [0.2, 0.25) is 0 Å². The number of ether oxygens (including phenoxy) is 3. The molecule has 0 aromatic rings. The van der Waals surface area contributed by atoms with Crippen LogP contribution in [0.1, 0.15) is 226 Å². The molecule has 0 saturated heterocycles. The highest BCUT2D eigenvalue weighted by molar-refractivity contribution is 5.71. The Hall–Kier alpha value is -4.97. The molecule has 0 bridgehead atoms. The van der Waals surface area contributed by atoms with Crippen LogP contribution in [-0.4, -0.2) is 37.2 Å². The Morgan fingerprint density at radius 1 is 0.288 bits per heavy atom. The third-order valence-corrected chi connectivity index (χ3v) is 11.5. The van der Waals surface area contributed by atoms with Gasteiger partial charge in [0.15, 0.2) is 6.10 Å². The van der Waals surface area contributed by atoms with E-state index in [0.29, 0.717) is 19.3 Å². The molecule has 0 N–H and O–H groups in total. The monoisotopic (exact) mass is 1000 g/mol. The normalized spacial score (nSPS) is 13.3. The minimum absolute atomic E-state index is 0.133. The molecule has 0 rings (SSSR count). The lowest BCUT2D eigenvalue weighted by Gasteiger charge is -2.18. The van der Waals surface area contributed by atoms with Gasteiger partial charge < -0.3 is 14.2 Å². The number of carbonyl (C=O) groups excluding carboxylic acids is 3. The van der Waals surface area contributed by atoms with Gasteiger partial charge in [0, 0.05) is 19.3 Å². The van der Waals surface area contributed by atoms with Crippen molar-refractivity contribution in [3.8, 4) is 0 Å². The SMILES string of the molecule is CC/C=C\C/C=C\C/C=C\C/C=C\C/C=C\CCCC(=O)OCC(COC(=O)CCCCCCCC/C=C\C/C=C\C/C=C\CCCCCCC)OC(=O)CCC/C=C\C/C=C\C/C=C\C/C=C\C/C=C\CC. The molecule has 6 nitrogen and oxygen atoms in total. The van der Waals surface area contributed by atoms with Crippen LogP contribution in [0, 0.1) is 0 Å². The maximum Gasteiger partial charge on any atom is 0.306 e. The van der Waals surface area contributed by atoms with Gasteiger partial charge in [-0.3, -0.25) is 14.4 Å². The van der Waals surface area contributed by atoms with Gasteiger partial charge in [0.05, 0.1) is 0 Å². The lowest BCUT2D eigenvalue weighted by atomic mass is 10.1. The second-order valence-corrected chi connectivity index (χ2v) is 18.4. The van der Waals surface area contributed by atoms with E-state index in [2.05, 4.69) is 179 Å². The van der Waals surface area contributed by atoms with Gasteiger partial charge in [-0.2, -0.15) is 0 Å². The van der Waals surface area contributed by atoms with E-state index in [0.717, 1.165) is 122 Å². The van der Waals surface area contributed by atoms with Crippen molar-refractivity contribution in [2.45, 2.75) is 232 Å². The number of hydrogen-bond acceptors (Lipinski definition) is 6. The lowest BCUT2D eigenvalue weighted by Crippen LogP contribution is -2.30. The molecule has 0 fully saturated rings. The van der Waals surface area contributed by atoms with Crippen LogP contribution in [0.15, 0.2) is 158 Å². The smallest absolute Gasteiger partial charge is 0.306 e. The summed E-state index contributed by atoms with van der Waals surface area (Å²) in [6.07, 6.45) is 86.7. The maximum atomic E-state index is 12.8. The zero-order chi connectivity index (χ0) is 52.9. The molecular formula is C67H104O6. The van der Waals surface area contributed by atoms with Gasteiger partial charge in [0.2, 0.25) is 0 Å². The van der Waals surface area contributed by atoms with Crippen LogP contribution in [0.4, 0.5) is 0 Å². The first kappa shape index (κ1) is 68.0. The minimum atomic E-state index is -0.845. The molecule has 408 valence electrons. The first-order valence-electron chi connectivity index (χ1n) is 29.0. The largest absolute Gasteiger partial charge is 0.462 e. The van der Waals surface area contributed by atoms with Gasteiger partial charge in [-0.1, -0.05) is 230 Å². The van der Waals surface area contributed by atoms with Gasteiger partial charge in [-0.05, 0) is 135 Å². The van der Waals surface area contributed by atoms with Crippen molar-refractivity contribution in [3.63, 3.8) is 0 Å². The van der Waals surface area contributed by atoms with E-state index >= 15 is 0 Å². The van der Waals surface area contributed by atoms with E-state index in [1.54, 1.807) is 0 Å². The summed E-state index contributed by atoms with van der Waals surface area (Å²) in [6.45, 7) is 6.28. The van der Waals surface area contributed by atoms with Crippen LogP contribution in [0.25, 0.3) is 0 Å². The Labute approximate surface area is 448 Å². The maximum absolute atomic E-state index is 12.8. The molecule has 0 heterocycles. The first-order valence-corrected chi connectivity index (χ1v) is 29.0. The molecule has 6 heteroatoms. The second-order valence-electron chi connectivity index (χ2n) is 18.4. The van der Waals surface area contributed by atoms with Gasteiger partial charge in [-0.25, -0.2) is 0 Å². The summed E-state index contributed by atoms with van der Waals surface area (Å²) in [7, 11) is 0. The average Bonchev–Trinajstić information content (AvgIpc) is 3.39. The van der Waals surface area contributed by atoms with Crippen molar-refractivity contribution >= 4 is 17.9 Å². The fraction of sp³-hybridized carbons (Fsp3) is 0.567. The van der Waals surface area contributed by atoms with E-state index in [1.807, 2.05) is 0 Å². The van der Waals surface area contributed by atoms with Crippen LogP contribution >= 0.6 is 0 Å². The van der Waals surface area contributed by atoms with Crippen molar-refractivity contribution in [3.05, 3.63) is 158 Å². The van der Waals surface area contributed by atoms with E-state index in [-0.39, 0.29) is 38.0 Å². The molecule has 1 unspecified atom stereocenters. The Balaban J connectivity index is 4.60. The predicted octanol–water partition coefficient (Wildman–Crippen LogP) is 19.8. The molecule has 0 saturated carbocycles. The topological polar surface area (TPSA) is 78.9 Å². The molecule has 0 aromatic heterocycles. The Bertz CT molecular complexity index is 1670. The number of rotatable bonds is 50. The lowest BCUT2D eigenvalue weighted by molar-refractivity contribution is -0.167. The molecular weight excluding hydrogens is 901 g/mol. The minimum Gasteiger partial charge on any atom is -0.462 e. The summed E-state index contributed by atoms with van der Waals surface area (Å²) in [4.78, 5) is 38.2. The second kappa shape index (κ2) is 59.6. The van der Waals surface area contributed by atoms with Gasteiger partial charge in [0.25, 0.3) is 0 Å². The van der Waals surface area contributed by atoms with E-state index < -0.39 is 12.1 Å². The number of allylic oxidation sites excluding steroid dienone is 26. The number of esters is 3. The van der Waals surface area contributed by atoms with E-state index in [1.165, 1.54) is 51.4 Å². The van der Waals surface area contributed by atoms with Crippen LogP contribution in [0.3, 0.4) is 0 Å². The standard InChI is InChI=1S/C67H104O6/c1-4-7-10-13-16-19-22-25-28-31-32-33-34-37-39-42-45-48-51-54-57-60-66(69)72-63-64(73-67(70)61-58-55-52-49-46-43-40-36-30-27-24-21-18-15-12-9-6-3)62-71-65(68)59-56-53-50-47-44-41-38-35-29-26-23-20-17-14-11-8-5-2/h8-9,11-12,17-18,20-22,25-27,29-32,34,37-38,40-41,43,47,49-50,52,64H,4-7,10,13-16,19,23-24,28,33,35-36,39,42,44-46,48,51,53-63H2,1-3H3/b11-8-,12-9-,20-17-,21-18-,25-22-,29-26-,30-27-,32-31-,37-34-,41-38-,43-40-,50-47-,52-49-. The fourth-order valence-electron chi connectivity index (χ4n) is 7.22. The van der Waals surface area contributed by atoms with E-state index in [9.17, 15) is 14.4 Å².